The van der Waals surface area contributed by atoms with E-state index in [1.807, 2.05) is 18.2 Å². The molecule has 0 fully saturated rings. The molecule has 3 heteroatoms. The van der Waals surface area contributed by atoms with Gasteiger partial charge in [-0.25, -0.2) is 0 Å². The molecule has 0 saturated carbocycles. The third kappa shape index (κ3) is 2.92. The zero-order valence-corrected chi connectivity index (χ0v) is 11.2. The minimum atomic E-state index is 0.198. The third-order valence-electron chi connectivity index (χ3n) is 2.07. The Morgan fingerprint density at radius 1 is 1.43 bits per heavy atom. The van der Waals surface area contributed by atoms with E-state index in [4.69, 9.17) is 0 Å². The monoisotopic (exact) mass is 318 g/mol. The molecular formula is C11H12Br2O. The number of carbonyl (C=O) groups excluding carboxylic acids is 1. The van der Waals surface area contributed by atoms with Gasteiger partial charge in [0.1, 0.15) is 0 Å². The van der Waals surface area contributed by atoms with Gasteiger partial charge in [0.2, 0.25) is 0 Å². The second kappa shape index (κ2) is 5.66. The van der Waals surface area contributed by atoms with Crippen LogP contribution in [0, 0.1) is 0 Å². The first-order valence-electron chi connectivity index (χ1n) is 4.56. The molecule has 0 spiro atoms. The Bertz CT molecular complexity index is 334. The van der Waals surface area contributed by atoms with Gasteiger partial charge < -0.3 is 0 Å². The van der Waals surface area contributed by atoms with E-state index in [1.165, 1.54) is 5.56 Å². The molecule has 0 heterocycles. The summed E-state index contributed by atoms with van der Waals surface area (Å²) in [5.74, 6) is 0.198. The fourth-order valence-corrected chi connectivity index (χ4v) is 2.14. The Balaban J connectivity index is 2.94. The van der Waals surface area contributed by atoms with Crippen molar-refractivity contribution in [2.45, 2.75) is 19.8 Å². The number of alkyl halides is 1. The predicted molar refractivity (Wildman–Crippen MR) is 66.3 cm³/mol. The third-order valence-corrected chi connectivity index (χ3v) is 3.24. The molecule has 1 aromatic rings. The van der Waals surface area contributed by atoms with Gasteiger partial charge in [0.15, 0.2) is 5.78 Å². The van der Waals surface area contributed by atoms with E-state index in [0.717, 1.165) is 21.8 Å². The van der Waals surface area contributed by atoms with E-state index in [9.17, 15) is 4.79 Å². The normalized spacial score (nSPS) is 10.2. The van der Waals surface area contributed by atoms with Crippen LogP contribution in [0.3, 0.4) is 0 Å². The maximum Gasteiger partial charge on any atom is 0.163 e. The Labute approximate surface area is 101 Å². The standard InChI is InChI=1S/C11H12Br2O/c1-2-8-7-9(3-4-10(8)13)11(14)5-6-12/h3-4,7H,2,5-6H2,1H3. The Hall–Kier alpha value is -0.150. The fourth-order valence-electron chi connectivity index (χ4n) is 1.25. The SMILES string of the molecule is CCc1cc(C(=O)CCBr)ccc1Br. The average Bonchev–Trinajstić information content (AvgIpc) is 2.19. The largest absolute Gasteiger partial charge is 0.294 e. The molecule has 0 saturated heterocycles. The van der Waals surface area contributed by atoms with Gasteiger partial charge in [-0.15, -0.1) is 0 Å². The Morgan fingerprint density at radius 3 is 2.71 bits per heavy atom. The molecule has 1 rings (SSSR count). The van der Waals surface area contributed by atoms with Crippen molar-refractivity contribution in [2.24, 2.45) is 0 Å². The second-order valence-electron chi connectivity index (χ2n) is 3.02. The highest BCUT2D eigenvalue weighted by molar-refractivity contribution is 9.10. The summed E-state index contributed by atoms with van der Waals surface area (Å²) in [6.45, 7) is 2.08. The molecule has 0 aliphatic rings. The zero-order valence-electron chi connectivity index (χ0n) is 8.02. The molecular weight excluding hydrogens is 308 g/mol. The summed E-state index contributed by atoms with van der Waals surface area (Å²) in [6, 6.07) is 5.78. The van der Waals surface area contributed by atoms with Crippen LogP contribution in [0.5, 0.6) is 0 Å². The minimum Gasteiger partial charge on any atom is -0.294 e. The summed E-state index contributed by atoms with van der Waals surface area (Å²) in [7, 11) is 0. The molecule has 14 heavy (non-hydrogen) atoms. The number of carbonyl (C=O) groups is 1. The van der Waals surface area contributed by atoms with Crippen LogP contribution in [0.25, 0.3) is 0 Å². The van der Waals surface area contributed by atoms with E-state index in [-0.39, 0.29) is 5.78 Å². The van der Waals surface area contributed by atoms with E-state index in [0.29, 0.717) is 6.42 Å². The van der Waals surface area contributed by atoms with Crippen molar-refractivity contribution >= 4 is 37.6 Å². The van der Waals surface area contributed by atoms with Gasteiger partial charge in [0.05, 0.1) is 0 Å². The summed E-state index contributed by atoms with van der Waals surface area (Å²) in [5.41, 5.74) is 2.00. The molecule has 0 atom stereocenters. The number of benzene rings is 1. The summed E-state index contributed by atoms with van der Waals surface area (Å²) >= 11 is 6.73. The quantitative estimate of drug-likeness (QED) is 0.606. The number of hydrogen-bond donors (Lipinski definition) is 0. The lowest BCUT2D eigenvalue weighted by Crippen LogP contribution is -2.00. The molecule has 0 unspecified atom stereocenters. The number of ketones is 1. The molecule has 1 aromatic carbocycles. The molecule has 1 nitrogen and oxygen atoms in total. The maximum atomic E-state index is 11.6. The first-order chi connectivity index (χ1) is 6.69. The lowest BCUT2D eigenvalue weighted by Gasteiger charge is -2.04. The van der Waals surface area contributed by atoms with Gasteiger partial charge in [0.25, 0.3) is 0 Å². The van der Waals surface area contributed by atoms with Crippen LogP contribution in [-0.4, -0.2) is 11.1 Å². The molecule has 76 valence electrons. The average molecular weight is 320 g/mol. The minimum absolute atomic E-state index is 0.198. The van der Waals surface area contributed by atoms with Crippen molar-refractivity contribution in [2.75, 3.05) is 5.33 Å². The molecule has 0 radical (unpaired) electrons. The van der Waals surface area contributed by atoms with E-state index in [2.05, 4.69) is 38.8 Å². The lowest BCUT2D eigenvalue weighted by molar-refractivity contribution is 0.0990. The molecule has 0 aliphatic carbocycles. The number of Topliss-reactive ketones (excluding diaryl/α,β-unsaturated/α-hetero) is 1. The van der Waals surface area contributed by atoms with Crippen LogP contribution in [-0.2, 0) is 6.42 Å². The Kier molecular flexibility index (Phi) is 4.82. The first kappa shape index (κ1) is 11.9. The highest BCUT2D eigenvalue weighted by Gasteiger charge is 2.06. The number of aryl methyl sites for hydroxylation is 1. The van der Waals surface area contributed by atoms with Crippen molar-refractivity contribution in [3.05, 3.63) is 33.8 Å². The van der Waals surface area contributed by atoms with Crippen LogP contribution >= 0.6 is 31.9 Å². The van der Waals surface area contributed by atoms with Crippen LogP contribution in [0.1, 0.15) is 29.3 Å². The van der Waals surface area contributed by atoms with E-state index < -0.39 is 0 Å². The smallest absolute Gasteiger partial charge is 0.163 e. The van der Waals surface area contributed by atoms with Crippen LogP contribution in [0.4, 0.5) is 0 Å². The van der Waals surface area contributed by atoms with E-state index >= 15 is 0 Å². The van der Waals surface area contributed by atoms with Gasteiger partial charge in [0, 0.05) is 21.8 Å². The first-order valence-corrected chi connectivity index (χ1v) is 6.48. The summed E-state index contributed by atoms with van der Waals surface area (Å²) in [5, 5.41) is 0.726. The van der Waals surface area contributed by atoms with Crippen molar-refractivity contribution < 1.29 is 4.79 Å². The fraction of sp³-hybridized carbons (Fsp3) is 0.364. The van der Waals surface area contributed by atoms with Gasteiger partial charge in [-0.1, -0.05) is 44.8 Å². The van der Waals surface area contributed by atoms with Gasteiger partial charge in [-0.05, 0) is 24.1 Å². The van der Waals surface area contributed by atoms with Crippen LogP contribution < -0.4 is 0 Å². The highest BCUT2D eigenvalue weighted by atomic mass is 79.9. The Morgan fingerprint density at radius 2 is 2.14 bits per heavy atom. The molecule has 0 amide bonds. The topological polar surface area (TPSA) is 17.1 Å². The second-order valence-corrected chi connectivity index (χ2v) is 4.67. The molecule has 0 bridgehead atoms. The van der Waals surface area contributed by atoms with Crippen LogP contribution in [0.2, 0.25) is 0 Å². The van der Waals surface area contributed by atoms with Gasteiger partial charge >= 0.3 is 0 Å². The van der Waals surface area contributed by atoms with Gasteiger partial charge in [-0.3, -0.25) is 4.79 Å². The summed E-state index contributed by atoms with van der Waals surface area (Å²) in [4.78, 5) is 11.6. The highest BCUT2D eigenvalue weighted by Crippen LogP contribution is 2.19. The van der Waals surface area contributed by atoms with Crippen molar-refractivity contribution in [1.82, 2.24) is 0 Å². The molecule has 0 aromatic heterocycles. The lowest BCUT2D eigenvalue weighted by atomic mass is 10.0. The molecule has 0 N–H and O–H groups in total. The van der Waals surface area contributed by atoms with Crippen LogP contribution in [0.15, 0.2) is 22.7 Å². The van der Waals surface area contributed by atoms with Crippen molar-refractivity contribution in [1.29, 1.82) is 0 Å². The predicted octanol–water partition coefficient (Wildman–Crippen LogP) is 3.98. The maximum absolute atomic E-state index is 11.6. The van der Waals surface area contributed by atoms with E-state index in [1.54, 1.807) is 0 Å². The zero-order chi connectivity index (χ0) is 10.6. The van der Waals surface area contributed by atoms with Gasteiger partial charge in [-0.2, -0.15) is 0 Å². The molecule has 0 aliphatic heterocycles. The summed E-state index contributed by atoms with van der Waals surface area (Å²) in [6.07, 6.45) is 1.50. The number of halogens is 2. The van der Waals surface area contributed by atoms with Crippen molar-refractivity contribution in [3.8, 4) is 0 Å². The number of hydrogen-bond acceptors (Lipinski definition) is 1. The summed E-state index contributed by atoms with van der Waals surface area (Å²) < 4.78 is 1.08. The van der Waals surface area contributed by atoms with Crippen molar-refractivity contribution in [3.63, 3.8) is 0 Å². The number of rotatable bonds is 4.